The van der Waals surface area contributed by atoms with Crippen molar-refractivity contribution in [3.63, 3.8) is 0 Å². The van der Waals surface area contributed by atoms with Crippen molar-refractivity contribution in [3.8, 4) is 0 Å². The van der Waals surface area contributed by atoms with Crippen molar-refractivity contribution in [2.75, 3.05) is 32.1 Å². The van der Waals surface area contributed by atoms with E-state index in [1.807, 2.05) is 0 Å². The van der Waals surface area contributed by atoms with Gasteiger partial charge in [-0.15, -0.1) is 4.65 Å². The van der Waals surface area contributed by atoms with E-state index in [1.165, 1.54) is 12.1 Å². The molecule has 2 bridgehead atoms. The van der Waals surface area contributed by atoms with Crippen LogP contribution in [0.1, 0.15) is 23.7 Å². The number of anilines is 1. The molecule has 0 spiro atoms. The number of carbonyl (C=O) groups excluding carboxylic acids is 6. The lowest BCUT2D eigenvalue weighted by atomic mass is 9.54. The van der Waals surface area contributed by atoms with Crippen LogP contribution < -0.4 is 15.5 Å². The van der Waals surface area contributed by atoms with Gasteiger partial charge in [-0.2, -0.15) is 4.90 Å². The maximum absolute atomic E-state index is 13.6. The van der Waals surface area contributed by atoms with E-state index in [0.29, 0.717) is 25.1 Å². The third kappa shape index (κ3) is 4.46. The second kappa shape index (κ2) is 9.57. The van der Waals surface area contributed by atoms with Crippen LogP contribution in [0.15, 0.2) is 48.6 Å². The maximum Gasteiger partial charge on any atom is 0.558 e. The van der Waals surface area contributed by atoms with E-state index in [0.717, 1.165) is 4.90 Å². The highest BCUT2D eigenvalue weighted by Gasteiger charge is 2.71. The third-order valence-electron chi connectivity index (χ3n) is 8.07. The predicted molar refractivity (Wildman–Crippen MR) is 137 cm³/mol. The van der Waals surface area contributed by atoms with Crippen LogP contribution in [-0.4, -0.2) is 67.3 Å². The molecule has 1 saturated carbocycles. The number of imide groups is 2. The summed E-state index contributed by atoms with van der Waals surface area (Å²) in [4.78, 5) is 83.4. The second-order valence-electron chi connectivity index (χ2n) is 11.1. The molecule has 1 aromatic rings. The summed E-state index contributed by atoms with van der Waals surface area (Å²) in [6.07, 6.45) is 4.13. The molecule has 2 heterocycles. The Morgan fingerprint density at radius 3 is 2.36 bits per heavy atom. The summed E-state index contributed by atoms with van der Waals surface area (Å²) >= 11 is 0. The van der Waals surface area contributed by atoms with Crippen LogP contribution in [0.5, 0.6) is 0 Å². The summed E-state index contributed by atoms with van der Waals surface area (Å²) < 4.78 is -0.106. The zero-order valence-corrected chi connectivity index (χ0v) is 22.0. The quantitative estimate of drug-likeness (QED) is 0.0951. The average molecular weight is 536 g/mol. The highest BCUT2D eigenvalue weighted by molar-refractivity contribution is 6.23. The van der Waals surface area contributed by atoms with Crippen LogP contribution in [-0.2, 0) is 28.8 Å². The molecule has 5 aliphatic rings. The van der Waals surface area contributed by atoms with Crippen molar-refractivity contribution in [3.05, 3.63) is 54.1 Å². The standard InChI is InChI=1S/C28H30N4O7/c1-14(2)23(33)29-11-6-12-32(3,4)39-28(38)15-7-5-8-16(13-15)31-26(36)21-17-9-10-18(22(21)27(31)37)20-19(17)24(34)30-25(20)35/h5,7-10,13,17-22H,1,6,11-12H2,2-4H3,(H-,29,30,33,34,35)/q+1/p+1. The fourth-order valence-corrected chi connectivity index (χ4v) is 6.31. The van der Waals surface area contributed by atoms with E-state index in [1.54, 1.807) is 45.3 Å². The summed E-state index contributed by atoms with van der Waals surface area (Å²) in [6.45, 7) is 6.03. The Balaban J connectivity index is 1.29. The molecule has 6 unspecified atom stereocenters. The molecule has 203 valence electrons. The van der Waals surface area contributed by atoms with Crippen molar-refractivity contribution in [2.45, 2.75) is 13.3 Å². The van der Waals surface area contributed by atoms with Crippen molar-refractivity contribution in [1.29, 1.82) is 0 Å². The van der Waals surface area contributed by atoms with Gasteiger partial charge >= 0.3 is 11.9 Å². The molecule has 11 heteroatoms. The normalized spacial score (nSPS) is 28.7. The van der Waals surface area contributed by atoms with Crippen LogP contribution in [0.3, 0.4) is 0 Å². The maximum atomic E-state index is 13.6. The highest BCUT2D eigenvalue weighted by atomic mass is 16.7. The summed E-state index contributed by atoms with van der Waals surface area (Å²) in [5, 5.41) is 5.09. The Morgan fingerprint density at radius 1 is 1.08 bits per heavy atom. The van der Waals surface area contributed by atoms with Crippen LogP contribution in [0, 0.1) is 35.5 Å². The van der Waals surface area contributed by atoms with Gasteiger partial charge in [0.05, 0.1) is 29.0 Å². The minimum absolute atomic E-state index is 0.106. The molecule has 2 saturated heterocycles. The fourth-order valence-electron chi connectivity index (χ4n) is 6.31. The Labute approximate surface area is 225 Å². The average Bonchev–Trinajstić information content (AvgIpc) is 3.35. The first-order chi connectivity index (χ1) is 18.4. The zero-order chi connectivity index (χ0) is 28.2. The second-order valence-corrected chi connectivity index (χ2v) is 11.1. The lowest BCUT2D eigenvalue weighted by molar-refractivity contribution is -1.06. The van der Waals surface area contributed by atoms with Gasteiger partial charge in [0.2, 0.25) is 28.4 Å². The molecule has 2 N–H and O–H groups in total. The van der Waals surface area contributed by atoms with Gasteiger partial charge in [-0.3, -0.25) is 29.3 Å². The number of quaternary nitrogens is 1. The predicted octanol–water partition coefficient (Wildman–Crippen LogP) is 0.727. The molecule has 2 aliphatic heterocycles. The molecule has 1 radical (unpaired) electrons. The van der Waals surface area contributed by atoms with E-state index >= 15 is 0 Å². The molecule has 6 rings (SSSR count). The van der Waals surface area contributed by atoms with E-state index in [4.69, 9.17) is 4.84 Å². The lowest BCUT2D eigenvalue weighted by Gasteiger charge is -2.42. The SMILES string of the molecule is C=C(C)C(=O)NCCC[N+](C)(C)OC(=O)c1cccc(N2C(=O)C3C4C=CC(C5C(=O)NC(=O)C45)C3C2=[O+])c1. The highest BCUT2D eigenvalue weighted by Crippen LogP contribution is 2.56. The number of carbonyl (C=O) groups is 6. The Kier molecular flexibility index (Phi) is 6.50. The van der Waals surface area contributed by atoms with Crippen molar-refractivity contribution in [2.24, 2.45) is 35.5 Å². The number of hydrogen-bond donors (Lipinski definition) is 2. The zero-order valence-electron chi connectivity index (χ0n) is 22.0. The number of hydrogen-bond acceptors (Lipinski definition) is 7. The summed E-state index contributed by atoms with van der Waals surface area (Å²) in [5.41, 5.74) is 0.814. The topological polar surface area (TPSA) is 142 Å². The summed E-state index contributed by atoms with van der Waals surface area (Å²) in [7, 11) is 3.41. The van der Waals surface area contributed by atoms with E-state index in [9.17, 15) is 28.8 Å². The van der Waals surface area contributed by atoms with Gasteiger partial charge in [0, 0.05) is 30.4 Å². The first-order valence-corrected chi connectivity index (χ1v) is 12.9. The van der Waals surface area contributed by atoms with Gasteiger partial charge in [-0.1, -0.05) is 24.8 Å². The van der Waals surface area contributed by atoms with E-state index in [2.05, 4.69) is 17.2 Å². The lowest BCUT2D eigenvalue weighted by Crippen LogP contribution is -2.50. The monoisotopic (exact) mass is 535 g/mol. The number of hydroxylamine groups is 3. The molecule has 6 atom stereocenters. The van der Waals surface area contributed by atoms with Crippen LogP contribution >= 0.6 is 0 Å². The molecule has 5 amide bonds. The Hall–Kier alpha value is -4.12. The number of amides is 5. The van der Waals surface area contributed by atoms with Crippen molar-refractivity contribution >= 4 is 41.2 Å². The smallest absolute Gasteiger partial charge is 0.352 e. The number of nitrogens with one attached hydrogen (secondary N) is 2. The fraction of sp³-hybridized carbons (Fsp3) is 0.429. The van der Waals surface area contributed by atoms with Crippen LogP contribution in [0.25, 0.3) is 0 Å². The van der Waals surface area contributed by atoms with Gasteiger partial charge in [0.15, 0.2) is 0 Å². The third-order valence-corrected chi connectivity index (χ3v) is 8.07. The number of nitrogens with zero attached hydrogens (tertiary/aromatic N) is 2. The van der Waals surface area contributed by atoms with Gasteiger partial charge in [-0.05, 0) is 25.1 Å². The van der Waals surface area contributed by atoms with E-state index in [-0.39, 0.29) is 21.8 Å². The number of rotatable bonds is 8. The Bertz CT molecular complexity index is 1300. The first kappa shape index (κ1) is 26.5. The minimum atomic E-state index is -0.734. The molecular formula is C28H31N4O7+2. The van der Waals surface area contributed by atoms with Gasteiger partial charge < -0.3 is 5.32 Å². The number of benzene rings is 1. The van der Waals surface area contributed by atoms with E-state index < -0.39 is 65.1 Å². The van der Waals surface area contributed by atoms with Crippen LogP contribution in [0.2, 0.25) is 0 Å². The molecule has 3 aliphatic carbocycles. The van der Waals surface area contributed by atoms with Crippen molar-refractivity contribution < 1.29 is 38.3 Å². The molecule has 39 heavy (non-hydrogen) atoms. The van der Waals surface area contributed by atoms with Gasteiger partial charge in [-0.25, -0.2) is 4.79 Å². The van der Waals surface area contributed by atoms with Gasteiger partial charge in [0.1, 0.15) is 26.6 Å². The summed E-state index contributed by atoms with van der Waals surface area (Å²) in [5.74, 6) is -6.39. The van der Waals surface area contributed by atoms with Crippen LogP contribution in [0.4, 0.5) is 5.69 Å². The molecule has 0 aromatic heterocycles. The first-order valence-electron chi connectivity index (χ1n) is 12.9. The van der Waals surface area contributed by atoms with Crippen molar-refractivity contribution in [1.82, 2.24) is 10.6 Å². The summed E-state index contributed by atoms with van der Waals surface area (Å²) in [6, 6.07) is 6.12. The molecular weight excluding hydrogens is 504 g/mol. The molecule has 1 aromatic carbocycles. The van der Waals surface area contributed by atoms with Gasteiger partial charge in [0.25, 0.3) is 0 Å². The minimum Gasteiger partial charge on any atom is -0.352 e. The number of allylic oxidation sites excluding steroid dienone is 2. The Morgan fingerprint density at radius 2 is 1.72 bits per heavy atom. The molecule has 11 nitrogen and oxygen atoms in total. The molecule has 3 fully saturated rings. The largest absolute Gasteiger partial charge is 0.558 e.